The van der Waals surface area contributed by atoms with E-state index in [1.807, 2.05) is 18.2 Å². The van der Waals surface area contributed by atoms with Crippen molar-refractivity contribution < 1.29 is 4.21 Å². The molecule has 3 nitrogen and oxygen atoms in total. The van der Waals surface area contributed by atoms with Crippen molar-refractivity contribution in [1.82, 2.24) is 5.32 Å². The van der Waals surface area contributed by atoms with Crippen LogP contribution in [0.1, 0.15) is 31.2 Å². The molecule has 0 radical (unpaired) electrons. The second-order valence-corrected chi connectivity index (χ2v) is 7.65. The number of benzene rings is 1. The van der Waals surface area contributed by atoms with E-state index in [2.05, 4.69) is 23.5 Å². The molecule has 1 saturated carbocycles. The van der Waals surface area contributed by atoms with Crippen LogP contribution in [0.3, 0.4) is 0 Å². The van der Waals surface area contributed by atoms with Crippen molar-refractivity contribution in [3.8, 4) is 6.07 Å². The van der Waals surface area contributed by atoms with Gasteiger partial charge in [0.15, 0.2) is 0 Å². The summed E-state index contributed by atoms with van der Waals surface area (Å²) in [5.41, 5.74) is 0.849. The van der Waals surface area contributed by atoms with Gasteiger partial charge >= 0.3 is 0 Å². The van der Waals surface area contributed by atoms with Crippen LogP contribution in [-0.2, 0) is 16.2 Å². The van der Waals surface area contributed by atoms with Gasteiger partial charge in [0, 0.05) is 34.4 Å². The average molecular weight is 288 g/mol. The van der Waals surface area contributed by atoms with Crippen molar-refractivity contribution >= 4 is 10.8 Å². The highest BCUT2D eigenvalue weighted by molar-refractivity contribution is 7.85. The van der Waals surface area contributed by atoms with E-state index in [0.29, 0.717) is 12.1 Å². The molecule has 0 aromatic heterocycles. The minimum Gasteiger partial charge on any atom is -0.311 e. The zero-order valence-electron chi connectivity index (χ0n) is 11.5. The molecule has 0 unspecified atom stereocenters. The van der Waals surface area contributed by atoms with Crippen molar-refractivity contribution in [3.05, 3.63) is 35.9 Å². The summed E-state index contributed by atoms with van der Waals surface area (Å²) < 4.78 is 11.4. The van der Waals surface area contributed by atoms with Crippen LogP contribution in [0.4, 0.5) is 0 Å². The van der Waals surface area contributed by atoms with E-state index >= 15 is 0 Å². The predicted molar refractivity (Wildman–Crippen MR) is 80.8 cm³/mol. The molecule has 1 heterocycles. The van der Waals surface area contributed by atoms with Crippen LogP contribution in [-0.4, -0.2) is 27.8 Å². The Bertz CT molecular complexity index is 521. The predicted octanol–water partition coefficient (Wildman–Crippen LogP) is 2.11. The van der Waals surface area contributed by atoms with Gasteiger partial charge in [-0.1, -0.05) is 30.3 Å². The fourth-order valence-electron chi connectivity index (χ4n) is 3.34. The van der Waals surface area contributed by atoms with Gasteiger partial charge in [-0.15, -0.1) is 0 Å². The fourth-order valence-corrected chi connectivity index (χ4v) is 4.64. The van der Waals surface area contributed by atoms with E-state index in [4.69, 9.17) is 0 Å². The lowest BCUT2D eigenvalue weighted by Crippen LogP contribution is -2.54. The van der Waals surface area contributed by atoms with Gasteiger partial charge in [-0.3, -0.25) is 4.21 Å². The van der Waals surface area contributed by atoms with Crippen LogP contribution in [0, 0.1) is 11.3 Å². The third kappa shape index (κ3) is 2.65. The lowest BCUT2D eigenvalue weighted by Gasteiger charge is -2.45. The molecule has 3 rings (SSSR count). The Hall–Kier alpha value is -1.18. The summed E-state index contributed by atoms with van der Waals surface area (Å²) in [6.45, 7) is 0. The zero-order chi connectivity index (χ0) is 14.0. The summed E-state index contributed by atoms with van der Waals surface area (Å²) in [6, 6.07) is 13.6. The quantitative estimate of drug-likeness (QED) is 0.927. The van der Waals surface area contributed by atoms with Crippen molar-refractivity contribution in [2.24, 2.45) is 0 Å². The van der Waals surface area contributed by atoms with Crippen LogP contribution >= 0.6 is 0 Å². The molecule has 1 saturated heterocycles. The van der Waals surface area contributed by atoms with E-state index in [9.17, 15) is 9.47 Å². The zero-order valence-corrected chi connectivity index (χ0v) is 12.4. The molecule has 0 bridgehead atoms. The van der Waals surface area contributed by atoms with Gasteiger partial charge in [-0.2, -0.15) is 5.26 Å². The van der Waals surface area contributed by atoms with Gasteiger partial charge in [0.2, 0.25) is 0 Å². The van der Waals surface area contributed by atoms with Crippen molar-refractivity contribution in [2.75, 3.05) is 11.5 Å². The van der Waals surface area contributed by atoms with Crippen molar-refractivity contribution in [1.29, 1.82) is 5.26 Å². The van der Waals surface area contributed by atoms with Gasteiger partial charge in [0.25, 0.3) is 0 Å². The highest BCUT2D eigenvalue weighted by atomic mass is 32.2. The Kier molecular flexibility index (Phi) is 3.91. The van der Waals surface area contributed by atoms with Crippen LogP contribution in [0.2, 0.25) is 0 Å². The van der Waals surface area contributed by atoms with E-state index in [0.717, 1.165) is 42.8 Å². The molecule has 2 aliphatic rings. The Morgan fingerprint density at radius 2 is 1.80 bits per heavy atom. The number of rotatable bonds is 3. The van der Waals surface area contributed by atoms with E-state index in [1.165, 1.54) is 0 Å². The molecule has 1 aliphatic carbocycles. The van der Waals surface area contributed by atoms with Gasteiger partial charge in [0.05, 0.1) is 11.5 Å². The molecule has 1 aliphatic heterocycles. The maximum Gasteiger partial charge on any atom is 0.0852 e. The standard InChI is InChI=1S/C16H20N2OS/c17-12-16(13-4-2-1-3-5-13)10-15(11-16)18-14-6-8-20(19)9-7-14/h1-5,14-15,18H,6-11H2. The SMILES string of the molecule is N#CC1(c2ccccc2)CC(NC2CCS(=O)CC2)C1. The number of nitrogens with zero attached hydrogens (tertiary/aromatic N) is 1. The van der Waals surface area contributed by atoms with Crippen LogP contribution in [0.25, 0.3) is 0 Å². The van der Waals surface area contributed by atoms with Gasteiger partial charge < -0.3 is 5.32 Å². The Morgan fingerprint density at radius 3 is 2.40 bits per heavy atom. The molecule has 0 spiro atoms. The van der Waals surface area contributed by atoms with Gasteiger partial charge in [-0.25, -0.2) is 0 Å². The number of nitrogens with one attached hydrogen (secondary N) is 1. The maximum atomic E-state index is 11.4. The first-order chi connectivity index (χ1) is 9.72. The number of nitriles is 1. The molecular weight excluding hydrogens is 268 g/mol. The van der Waals surface area contributed by atoms with Crippen molar-refractivity contribution in [3.63, 3.8) is 0 Å². The normalized spacial score (nSPS) is 36.9. The first-order valence-electron chi connectivity index (χ1n) is 7.30. The highest BCUT2D eigenvalue weighted by Crippen LogP contribution is 2.43. The van der Waals surface area contributed by atoms with Gasteiger partial charge in [0.1, 0.15) is 0 Å². The lowest BCUT2D eigenvalue weighted by atomic mass is 9.62. The summed E-state index contributed by atoms with van der Waals surface area (Å²) in [5, 5.41) is 13.2. The van der Waals surface area contributed by atoms with E-state index in [1.54, 1.807) is 0 Å². The Balaban J connectivity index is 1.57. The minimum absolute atomic E-state index is 0.295. The first-order valence-corrected chi connectivity index (χ1v) is 8.78. The molecule has 2 fully saturated rings. The summed E-state index contributed by atoms with van der Waals surface area (Å²) in [5.74, 6) is 1.65. The second kappa shape index (κ2) is 5.67. The van der Waals surface area contributed by atoms with Crippen LogP contribution < -0.4 is 5.32 Å². The average Bonchev–Trinajstić information content (AvgIpc) is 2.45. The monoisotopic (exact) mass is 288 g/mol. The van der Waals surface area contributed by atoms with Crippen molar-refractivity contribution in [2.45, 2.75) is 43.2 Å². The largest absolute Gasteiger partial charge is 0.311 e. The maximum absolute atomic E-state index is 11.4. The molecule has 1 N–H and O–H groups in total. The molecule has 1 aromatic carbocycles. The topological polar surface area (TPSA) is 52.9 Å². The molecular formula is C16H20N2OS. The minimum atomic E-state index is -0.599. The number of hydrogen-bond acceptors (Lipinski definition) is 3. The van der Waals surface area contributed by atoms with Crippen LogP contribution in [0.15, 0.2) is 30.3 Å². The summed E-state index contributed by atoms with van der Waals surface area (Å²) in [6.07, 6.45) is 3.81. The third-order valence-corrected chi connectivity index (χ3v) is 5.97. The summed E-state index contributed by atoms with van der Waals surface area (Å²) in [7, 11) is -0.599. The first kappa shape index (κ1) is 13.8. The Morgan fingerprint density at radius 1 is 1.15 bits per heavy atom. The summed E-state index contributed by atoms with van der Waals surface area (Å²) >= 11 is 0. The van der Waals surface area contributed by atoms with E-state index in [-0.39, 0.29) is 5.41 Å². The molecule has 20 heavy (non-hydrogen) atoms. The second-order valence-electron chi connectivity index (χ2n) is 5.95. The van der Waals surface area contributed by atoms with E-state index < -0.39 is 10.8 Å². The smallest absolute Gasteiger partial charge is 0.0852 e. The number of hydrogen-bond donors (Lipinski definition) is 1. The van der Waals surface area contributed by atoms with Crippen LogP contribution in [0.5, 0.6) is 0 Å². The fraction of sp³-hybridized carbons (Fsp3) is 0.562. The lowest BCUT2D eigenvalue weighted by molar-refractivity contribution is 0.205. The molecule has 0 amide bonds. The molecule has 1 aromatic rings. The Labute approximate surface area is 122 Å². The molecule has 4 heteroatoms. The third-order valence-electron chi connectivity index (χ3n) is 4.59. The summed E-state index contributed by atoms with van der Waals surface area (Å²) in [4.78, 5) is 0. The van der Waals surface area contributed by atoms with Gasteiger partial charge in [-0.05, 0) is 31.2 Å². The highest BCUT2D eigenvalue weighted by Gasteiger charge is 2.46. The molecule has 0 atom stereocenters. The molecule has 106 valence electrons.